The third-order valence-electron chi connectivity index (χ3n) is 5.48. The third kappa shape index (κ3) is 4.39. The van der Waals surface area contributed by atoms with E-state index in [-0.39, 0.29) is 12.2 Å². The highest BCUT2D eigenvalue weighted by Gasteiger charge is 2.27. The summed E-state index contributed by atoms with van der Waals surface area (Å²) in [5.41, 5.74) is 5.58. The molecule has 0 saturated carbocycles. The minimum absolute atomic E-state index is 0.000205. The van der Waals surface area contributed by atoms with E-state index in [2.05, 4.69) is 67.0 Å². The first kappa shape index (κ1) is 19.7. The monoisotopic (exact) mass is 402 g/mol. The Hall–Kier alpha value is -2.56. The molecule has 3 nitrogen and oxygen atoms in total. The fourth-order valence-electron chi connectivity index (χ4n) is 3.75. The second-order valence-corrected chi connectivity index (χ2v) is 8.16. The highest BCUT2D eigenvalue weighted by molar-refractivity contribution is 7.98. The summed E-state index contributed by atoms with van der Waals surface area (Å²) in [7, 11) is 0. The summed E-state index contributed by atoms with van der Waals surface area (Å²) in [6.45, 7) is 2.17. The summed E-state index contributed by atoms with van der Waals surface area (Å²) < 4.78 is 0. The van der Waals surface area contributed by atoms with E-state index < -0.39 is 0 Å². The molecule has 1 aliphatic heterocycles. The third-order valence-corrected chi connectivity index (χ3v) is 6.22. The first-order valence-electron chi connectivity index (χ1n) is 10.0. The second kappa shape index (κ2) is 8.85. The minimum Gasteiger partial charge on any atom is -0.508 e. The lowest BCUT2D eigenvalue weighted by atomic mass is 9.93. The summed E-state index contributed by atoms with van der Waals surface area (Å²) >= 11 is 1.74. The van der Waals surface area contributed by atoms with Gasteiger partial charge in [-0.15, -0.1) is 11.8 Å². The fraction of sp³-hybridized carbons (Fsp3) is 0.240. The molecule has 0 unspecified atom stereocenters. The highest BCUT2D eigenvalue weighted by Crippen LogP contribution is 2.34. The summed E-state index contributed by atoms with van der Waals surface area (Å²) in [6, 6.07) is 24.8. The maximum atomic E-state index is 10.4. The summed E-state index contributed by atoms with van der Waals surface area (Å²) in [4.78, 5) is 6.29. The first-order chi connectivity index (χ1) is 14.2. The molecule has 0 radical (unpaired) electrons. The van der Waals surface area contributed by atoms with Gasteiger partial charge in [0.25, 0.3) is 0 Å². The van der Waals surface area contributed by atoms with Crippen LogP contribution in [0.25, 0.3) is 0 Å². The smallest absolute Gasteiger partial charge is 0.126 e. The number of phenolic OH excluding ortho intramolecular Hbond substituents is 1. The van der Waals surface area contributed by atoms with Crippen molar-refractivity contribution in [1.82, 2.24) is 5.32 Å². The Labute approximate surface area is 176 Å². The second-order valence-electron chi connectivity index (χ2n) is 7.28. The van der Waals surface area contributed by atoms with E-state index >= 15 is 0 Å². The Balaban J connectivity index is 1.72. The topological polar surface area (TPSA) is 44.6 Å². The predicted molar refractivity (Wildman–Crippen MR) is 122 cm³/mol. The molecular weight excluding hydrogens is 376 g/mol. The Kier molecular flexibility index (Phi) is 6.02. The Bertz CT molecular complexity index is 996. The van der Waals surface area contributed by atoms with E-state index in [0.717, 1.165) is 35.2 Å². The van der Waals surface area contributed by atoms with Crippen LogP contribution in [0.5, 0.6) is 5.75 Å². The molecule has 1 aliphatic rings. The van der Waals surface area contributed by atoms with Crippen LogP contribution < -0.4 is 5.32 Å². The van der Waals surface area contributed by atoms with Gasteiger partial charge < -0.3 is 5.11 Å². The number of para-hydroxylation sites is 1. The Morgan fingerprint density at radius 1 is 1.00 bits per heavy atom. The molecule has 0 fully saturated rings. The molecule has 0 aliphatic carbocycles. The van der Waals surface area contributed by atoms with E-state index in [9.17, 15) is 5.11 Å². The Morgan fingerprint density at radius 2 is 1.72 bits per heavy atom. The van der Waals surface area contributed by atoms with Crippen LogP contribution in [0.15, 0.2) is 82.7 Å². The quantitative estimate of drug-likeness (QED) is 0.522. The van der Waals surface area contributed by atoms with Crippen molar-refractivity contribution in [3.63, 3.8) is 0 Å². The molecule has 0 spiro atoms. The average Bonchev–Trinajstić information content (AvgIpc) is 2.79. The van der Waals surface area contributed by atoms with Gasteiger partial charge in [-0.3, -0.25) is 10.3 Å². The van der Waals surface area contributed by atoms with Crippen molar-refractivity contribution < 1.29 is 5.11 Å². The number of aryl methyl sites for hydroxylation is 1. The molecule has 148 valence electrons. The highest BCUT2D eigenvalue weighted by atomic mass is 32.2. The van der Waals surface area contributed by atoms with Crippen LogP contribution in [-0.4, -0.2) is 17.1 Å². The number of rotatable bonds is 5. The number of nitrogens with one attached hydrogen (secondary N) is 1. The number of thioether (sulfide) groups is 1. The standard InChI is InChI=1S/C25H26N2OS/c1-3-17-8-10-18(11-9-17)22-16-23(21-6-4-5-7-24(21)28)27-25(26-22)19-12-14-20(29-2)15-13-19/h4-15,23,25,27-28H,3,16H2,1-2H3/t23-,25-/m1/s1. The van der Waals surface area contributed by atoms with Gasteiger partial charge >= 0.3 is 0 Å². The number of nitrogens with zero attached hydrogens (tertiary/aromatic N) is 1. The molecule has 0 saturated heterocycles. The van der Waals surface area contributed by atoms with Crippen molar-refractivity contribution in [2.24, 2.45) is 4.99 Å². The van der Waals surface area contributed by atoms with Crippen LogP contribution in [-0.2, 0) is 6.42 Å². The van der Waals surface area contributed by atoms with Gasteiger partial charge in [-0.25, -0.2) is 0 Å². The van der Waals surface area contributed by atoms with Gasteiger partial charge in [0.1, 0.15) is 11.9 Å². The lowest BCUT2D eigenvalue weighted by molar-refractivity contribution is 0.412. The van der Waals surface area contributed by atoms with Crippen LogP contribution in [0, 0.1) is 0 Å². The molecule has 4 rings (SSSR count). The molecular formula is C25H26N2OS. The van der Waals surface area contributed by atoms with Crippen molar-refractivity contribution in [2.75, 3.05) is 6.26 Å². The minimum atomic E-state index is -0.148. The van der Waals surface area contributed by atoms with Gasteiger partial charge in [-0.2, -0.15) is 0 Å². The predicted octanol–water partition coefficient (Wildman–Crippen LogP) is 5.90. The van der Waals surface area contributed by atoms with E-state index in [1.807, 2.05) is 18.2 Å². The van der Waals surface area contributed by atoms with Gasteiger partial charge in [0.15, 0.2) is 0 Å². The van der Waals surface area contributed by atoms with Gasteiger partial charge in [0, 0.05) is 28.6 Å². The molecule has 0 bridgehead atoms. The number of aliphatic imine (C=N–C) groups is 1. The SMILES string of the molecule is CCc1ccc(C2=N[C@@H](c3ccc(SC)cc3)N[C@@H](c3ccccc3O)C2)cc1. The van der Waals surface area contributed by atoms with Crippen molar-refractivity contribution in [3.05, 3.63) is 95.1 Å². The van der Waals surface area contributed by atoms with E-state index in [1.165, 1.54) is 10.5 Å². The zero-order chi connectivity index (χ0) is 20.2. The number of phenols is 1. The molecule has 4 heteroatoms. The number of aromatic hydroxyl groups is 1. The molecule has 0 amide bonds. The fourth-order valence-corrected chi connectivity index (χ4v) is 4.16. The van der Waals surface area contributed by atoms with Gasteiger partial charge in [0.2, 0.25) is 0 Å². The molecule has 2 N–H and O–H groups in total. The lowest BCUT2D eigenvalue weighted by Gasteiger charge is -2.31. The first-order valence-corrected chi connectivity index (χ1v) is 11.2. The van der Waals surface area contributed by atoms with Crippen LogP contribution in [0.3, 0.4) is 0 Å². The maximum Gasteiger partial charge on any atom is 0.126 e. The summed E-state index contributed by atoms with van der Waals surface area (Å²) in [5.74, 6) is 0.323. The normalized spacial score (nSPS) is 19.0. The van der Waals surface area contributed by atoms with Crippen LogP contribution >= 0.6 is 11.8 Å². The Morgan fingerprint density at radius 3 is 2.38 bits per heavy atom. The summed E-state index contributed by atoms with van der Waals surface area (Å²) in [6.07, 6.45) is 3.70. The van der Waals surface area contributed by atoms with Crippen LogP contribution in [0.4, 0.5) is 0 Å². The average molecular weight is 403 g/mol. The van der Waals surface area contributed by atoms with Gasteiger partial charge in [-0.05, 0) is 47.6 Å². The summed E-state index contributed by atoms with van der Waals surface area (Å²) in [5, 5.41) is 14.1. The van der Waals surface area contributed by atoms with Crippen LogP contribution in [0.1, 0.15) is 47.8 Å². The number of hydrogen-bond acceptors (Lipinski definition) is 4. The molecule has 3 aromatic rings. The zero-order valence-electron chi connectivity index (χ0n) is 16.8. The molecule has 3 aromatic carbocycles. The van der Waals surface area contributed by atoms with E-state index in [0.29, 0.717) is 5.75 Å². The lowest BCUT2D eigenvalue weighted by Crippen LogP contribution is -2.33. The van der Waals surface area contributed by atoms with E-state index in [1.54, 1.807) is 17.8 Å². The molecule has 1 heterocycles. The number of benzene rings is 3. The zero-order valence-corrected chi connectivity index (χ0v) is 17.6. The van der Waals surface area contributed by atoms with E-state index in [4.69, 9.17) is 4.99 Å². The maximum absolute atomic E-state index is 10.4. The van der Waals surface area contributed by atoms with Crippen LogP contribution in [0.2, 0.25) is 0 Å². The largest absolute Gasteiger partial charge is 0.508 e. The van der Waals surface area contributed by atoms with Crippen molar-refractivity contribution in [1.29, 1.82) is 0 Å². The molecule has 0 aromatic heterocycles. The molecule has 29 heavy (non-hydrogen) atoms. The molecule has 2 atom stereocenters. The number of hydrogen-bond donors (Lipinski definition) is 2. The van der Waals surface area contributed by atoms with Crippen molar-refractivity contribution in [2.45, 2.75) is 36.9 Å². The van der Waals surface area contributed by atoms with Gasteiger partial charge in [-0.1, -0.05) is 61.5 Å². The van der Waals surface area contributed by atoms with Crippen molar-refractivity contribution >= 4 is 17.5 Å². The van der Waals surface area contributed by atoms with Crippen molar-refractivity contribution in [3.8, 4) is 5.75 Å². The van der Waals surface area contributed by atoms with Gasteiger partial charge in [0.05, 0.1) is 0 Å².